The van der Waals surface area contributed by atoms with Gasteiger partial charge >= 0.3 is 0 Å². The zero-order chi connectivity index (χ0) is 21.7. The molecule has 0 aliphatic heterocycles. The number of carbonyl (C=O) groups excluding carboxylic acids is 1. The standard InChI is InChI=1S/C24H29N3O2S/c1-5-26(6-2)22(28)12-9-13-30-24-25-21-11-8-7-10-20(21)23(29)27(24)19-15-17(3)14-18(4)16-19/h7-8,10-11,14-16H,5-6,9,12-13H2,1-4H3. The number of fused-ring (bicyclic) bond motifs is 1. The van der Waals surface area contributed by atoms with Crippen molar-refractivity contribution in [1.29, 1.82) is 0 Å². The molecule has 0 atom stereocenters. The number of aryl methyl sites for hydroxylation is 2. The molecule has 1 amide bonds. The number of hydrogen-bond acceptors (Lipinski definition) is 4. The van der Waals surface area contributed by atoms with Crippen LogP contribution in [0.3, 0.4) is 0 Å². The Labute approximate surface area is 182 Å². The Morgan fingerprint density at radius 2 is 1.73 bits per heavy atom. The molecule has 1 aromatic heterocycles. The number of thioether (sulfide) groups is 1. The molecule has 3 rings (SSSR count). The molecular weight excluding hydrogens is 394 g/mol. The van der Waals surface area contributed by atoms with Crippen molar-refractivity contribution in [3.05, 3.63) is 63.9 Å². The molecular formula is C24H29N3O2S. The number of rotatable bonds is 8. The lowest BCUT2D eigenvalue weighted by Crippen LogP contribution is -2.30. The van der Waals surface area contributed by atoms with Gasteiger partial charge in [-0.15, -0.1) is 0 Å². The zero-order valence-corrected chi connectivity index (χ0v) is 19.0. The van der Waals surface area contributed by atoms with E-state index in [0.717, 1.165) is 42.1 Å². The lowest BCUT2D eigenvalue weighted by Gasteiger charge is -2.18. The van der Waals surface area contributed by atoms with Gasteiger partial charge in [0.15, 0.2) is 5.16 Å². The second-order valence-corrected chi connectivity index (χ2v) is 8.48. The van der Waals surface area contributed by atoms with Gasteiger partial charge in [-0.2, -0.15) is 0 Å². The molecule has 6 heteroatoms. The van der Waals surface area contributed by atoms with Gasteiger partial charge in [-0.1, -0.05) is 30.0 Å². The van der Waals surface area contributed by atoms with Crippen molar-refractivity contribution in [2.75, 3.05) is 18.8 Å². The van der Waals surface area contributed by atoms with E-state index in [1.54, 1.807) is 4.57 Å². The molecule has 0 fully saturated rings. The Morgan fingerprint density at radius 3 is 2.40 bits per heavy atom. The average molecular weight is 424 g/mol. The highest BCUT2D eigenvalue weighted by Crippen LogP contribution is 2.23. The van der Waals surface area contributed by atoms with Gasteiger partial charge in [0.2, 0.25) is 5.91 Å². The van der Waals surface area contributed by atoms with Gasteiger partial charge < -0.3 is 4.90 Å². The highest BCUT2D eigenvalue weighted by Gasteiger charge is 2.15. The van der Waals surface area contributed by atoms with Crippen LogP contribution in [0.4, 0.5) is 0 Å². The van der Waals surface area contributed by atoms with E-state index >= 15 is 0 Å². The van der Waals surface area contributed by atoms with Gasteiger partial charge in [0.05, 0.1) is 16.6 Å². The minimum Gasteiger partial charge on any atom is -0.343 e. The molecule has 1 heterocycles. The fourth-order valence-electron chi connectivity index (χ4n) is 3.64. The lowest BCUT2D eigenvalue weighted by atomic mass is 10.1. The summed E-state index contributed by atoms with van der Waals surface area (Å²) in [5.41, 5.74) is 3.67. The molecule has 0 bridgehead atoms. The summed E-state index contributed by atoms with van der Waals surface area (Å²) in [5, 5.41) is 1.27. The molecule has 0 unspecified atom stereocenters. The summed E-state index contributed by atoms with van der Waals surface area (Å²) in [6, 6.07) is 13.6. The summed E-state index contributed by atoms with van der Waals surface area (Å²) in [5.74, 6) is 0.904. The van der Waals surface area contributed by atoms with Crippen molar-refractivity contribution < 1.29 is 4.79 Å². The molecule has 0 aliphatic carbocycles. The maximum Gasteiger partial charge on any atom is 0.266 e. The number of para-hydroxylation sites is 1. The van der Waals surface area contributed by atoms with E-state index in [4.69, 9.17) is 4.98 Å². The Hall–Kier alpha value is -2.60. The van der Waals surface area contributed by atoms with Crippen LogP contribution < -0.4 is 5.56 Å². The minimum absolute atomic E-state index is 0.0627. The van der Waals surface area contributed by atoms with E-state index < -0.39 is 0 Å². The lowest BCUT2D eigenvalue weighted by molar-refractivity contribution is -0.130. The van der Waals surface area contributed by atoms with Crippen molar-refractivity contribution in [3.8, 4) is 5.69 Å². The average Bonchev–Trinajstić information content (AvgIpc) is 2.71. The summed E-state index contributed by atoms with van der Waals surface area (Å²) in [7, 11) is 0. The maximum absolute atomic E-state index is 13.3. The van der Waals surface area contributed by atoms with E-state index in [9.17, 15) is 9.59 Å². The van der Waals surface area contributed by atoms with Crippen molar-refractivity contribution >= 4 is 28.6 Å². The minimum atomic E-state index is -0.0627. The van der Waals surface area contributed by atoms with Crippen LogP contribution in [0.15, 0.2) is 52.4 Å². The van der Waals surface area contributed by atoms with E-state index in [0.29, 0.717) is 22.5 Å². The van der Waals surface area contributed by atoms with Crippen LogP contribution in [0.1, 0.15) is 37.8 Å². The third-order valence-corrected chi connectivity index (χ3v) is 6.12. The fraction of sp³-hybridized carbons (Fsp3) is 0.375. The Bertz CT molecular complexity index is 1080. The van der Waals surface area contributed by atoms with E-state index in [1.165, 1.54) is 11.8 Å². The van der Waals surface area contributed by atoms with Crippen LogP contribution in [0.2, 0.25) is 0 Å². The SMILES string of the molecule is CCN(CC)C(=O)CCCSc1nc2ccccc2c(=O)n1-c1cc(C)cc(C)c1. The second-order valence-electron chi connectivity index (χ2n) is 7.42. The number of carbonyl (C=O) groups is 1. The Morgan fingerprint density at radius 1 is 1.07 bits per heavy atom. The molecule has 2 aromatic carbocycles. The first-order valence-corrected chi connectivity index (χ1v) is 11.4. The third kappa shape index (κ3) is 4.93. The normalized spacial score (nSPS) is 11.1. The molecule has 0 N–H and O–H groups in total. The predicted molar refractivity (Wildman–Crippen MR) is 125 cm³/mol. The van der Waals surface area contributed by atoms with Crippen molar-refractivity contribution in [1.82, 2.24) is 14.5 Å². The number of amides is 1. The maximum atomic E-state index is 13.3. The first-order chi connectivity index (χ1) is 14.4. The number of aromatic nitrogens is 2. The summed E-state index contributed by atoms with van der Waals surface area (Å²) >= 11 is 1.53. The van der Waals surface area contributed by atoms with E-state index in [1.807, 2.05) is 69.0 Å². The van der Waals surface area contributed by atoms with Gasteiger partial charge in [-0.3, -0.25) is 14.2 Å². The predicted octanol–water partition coefficient (Wildman–Crippen LogP) is 4.74. The smallest absolute Gasteiger partial charge is 0.266 e. The van der Waals surface area contributed by atoms with Gasteiger partial charge in [0.1, 0.15) is 0 Å². The zero-order valence-electron chi connectivity index (χ0n) is 18.1. The number of hydrogen-bond donors (Lipinski definition) is 0. The van der Waals surface area contributed by atoms with Crippen LogP contribution in [0.5, 0.6) is 0 Å². The Balaban J connectivity index is 1.91. The molecule has 0 aliphatic rings. The van der Waals surface area contributed by atoms with Gasteiger partial charge in [-0.25, -0.2) is 4.98 Å². The first-order valence-electron chi connectivity index (χ1n) is 10.5. The molecule has 0 saturated carbocycles. The van der Waals surface area contributed by atoms with Crippen LogP contribution in [0, 0.1) is 13.8 Å². The largest absolute Gasteiger partial charge is 0.343 e. The summed E-state index contributed by atoms with van der Waals surface area (Å²) in [6.07, 6.45) is 1.26. The summed E-state index contributed by atoms with van der Waals surface area (Å²) < 4.78 is 1.71. The van der Waals surface area contributed by atoms with Crippen molar-refractivity contribution in [3.63, 3.8) is 0 Å². The molecule has 158 valence electrons. The second kappa shape index (κ2) is 9.94. The highest BCUT2D eigenvalue weighted by molar-refractivity contribution is 7.99. The molecule has 3 aromatic rings. The fourth-order valence-corrected chi connectivity index (χ4v) is 4.59. The molecule has 0 spiro atoms. The highest BCUT2D eigenvalue weighted by atomic mass is 32.2. The van der Waals surface area contributed by atoms with E-state index in [2.05, 4.69) is 6.07 Å². The quantitative estimate of drug-likeness (QED) is 0.298. The molecule has 0 saturated heterocycles. The van der Waals surface area contributed by atoms with E-state index in [-0.39, 0.29) is 11.5 Å². The Kier molecular flexibility index (Phi) is 7.32. The number of nitrogens with zero attached hydrogens (tertiary/aromatic N) is 3. The molecule has 30 heavy (non-hydrogen) atoms. The van der Waals surface area contributed by atoms with Crippen molar-refractivity contribution in [2.45, 2.75) is 45.7 Å². The first kappa shape index (κ1) is 22.1. The van der Waals surface area contributed by atoms with Gasteiger partial charge in [0.25, 0.3) is 5.56 Å². The summed E-state index contributed by atoms with van der Waals surface area (Å²) in [6.45, 7) is 9.53. The third-order valence-electron chi connectivity index (χ3n) is 5.09. The molecule has 0 radical (unpaired) electrons. The molecule has 5 nitrogen and oxygen atoms in total. The van der Waals surface area contributed by atoms with Gasteiger partial charge in [0, 0.05) is 25.3 Å². The monoisotopic (exact) mass is 423 g/mol. The van der Waals surface area contributed by atoms with Crippen molar-refractivity contribution in [2.24, 2.45) is 0 Å². The topological polar surface area (TPSA) is 55.2 Å². The van der Waals surface area contributed by atoms with Crippen LogP contribution in [-0.4, -0.2) is 39.2 Å². The van der Waals surface area contributed by atoms with Crippen LogP contribution in [0.25, 0.3) is 16.6 Å². The van der Waals surface area contributed by atoms with Crippen LogP contribution in [-0.2, 0) is 4.79 Å². The van der Waals surface area contributed by atoms with Gasteiger partial charge in [-0.05, 0) is 69.5 Å². The van der Waals surface area contributed by atoms with Crippen LogP contribution >= 0.6 is 11.8 Å². The number of benzene rings is 2. The summed E-state index contributed by atoms with van der Waals surface area (Å²) in [4.78, 5) is 32.2.